The van der Waals surface area contributed by atoms with Crippen molar-refractivity contribution < 1.29 is 4.39 Å². The van der Waals surface area contributed by atoms with Crippen LogP contribution < -0.4 is 5.32 Å². The molecule has 100 valence electrons. The molecule has 0 radical (unpaired) electrons. The zero-order valence-corrected chi connectivity index (χ0v) is 11.3. The molecule has 1 saturated heterocycles. The van der Waals surface area contributed by atoms with Crippen molar-refractivity contribution in [3.8, 4) is 5.69 Å². The number of rotatable bonds is 2. The van der Waals surface area contributed by atoms with E-state index in [1.54, 1.807) is 23.0 Å². The fourth-order valence-corrected chi connectivity index (χ4v) is 2.82. The SMILES string of the molecule is Cc1nccn1-c1ccc(C2(C)CCCN2)cc1F. The van der Waals surface area contributed by atoms with Gasteiger partial charge >= 0.3 is 0 Å². The Bertz CT molecular complexity index is 597. The van der Waals surface area contributed by atoms with Crippen LogP contribution in [0, 0.1) is 12.7 Å². The molecule has 0 amide bonds. The molecule has 3 rings (SSSR count). The smallest absolute Gasteiger partial charge is 0.147 e. The molecule has 1 aromatic carbocycles. The molecule has 0 spiro atoms. The van der Waals surface area contributed by atoms with E-state index in [0.717, 1.165) is 30.8 Å². The summed E-state index contributed by atoms with van der Waals surface area (Å²) in [4.78, 5) is 4.13. The van der Waals surface area contributed by atoms with E-state index < -0.39 is 0 Å². The number of nitrogens with zero attached hydrogens (tertiary/aromatic N) is 2. The van der Waals surface area contributed by atoms with E-state index in [1.165, 1.54) is 0 Å². The third kappa shape index (κ3) is 2.06. The minimum absolute atomic E-state index is 0.0939. The van der Waals surface area contributed by atoms with E-state index in [0.29, 0.717) is 5.69 Å². The van der Waals surface area contributed by atoms with Crippen LogP contribution in [0.4, 0.5) is 4.39 Å². The van der Waals surface area contributed by atoms with E-state index in [2.05, 4.69) is 17.2 Å². The highest BCUT2D eigenvalue weighted by Crippen LogP contribution is 2.31. The third-order valence-corrected chi connectivity index (χ3v) is 4.04. The van der Waals surface area contributed by atoms with Crippen molar-refractivity contribution in [2.45, 2.75) is 32.2 Å². The van der Waals surface area contributed by atoms with Crippen LogP contribution in [0.15, 0.2) is 30.6 Å². The van der Waals surface area contributed by atoms with Gasteiger partial charge in [-0.15, -0.1) is 0 Å². The molecular formula is C15H18FN3. The van der Waals surface area contributed by atoms with E-state index in [-0.39, 0.29) is 11.4 Å². The highest BCUT2D eigenvalue weighted by molar-refractivity contribution is 5.40. The van der Waals surface area contributed by atoms with Gasteiger partial charge in [0.2, 0.25) is 0 Å². The summed E-state index contributed by atoms with van der Waals surface area (Å²) in [5.41, 5.74) is 1.48. The van der Waals surface area contributed by atoms with Crippen LogP contribution in [-0.4, -0.2) is 16.1 Å². The number of imidazole rings is 1. The average Bonchev–Trinajstić information content (AvgIpc) is 2.99. The lowest BCUT2D eigenvalue weighted by atomic mass is 9.90. The lowest BCUT2D eigenvalue weighted by Gasteiger charge is -2.25. The topological polar surface area (TPSA) is 29.9 Å². The van der Waals surface area contributed by atoms with E-state index in [1.807, 2.05) is 19.1 Å². The van der Waals surface area contributed by atoms with Gasteiger partial charge in [0.15, 0.2) is 0 Å². The Labute approximate surface area is 112 Å². The normalized spacial score (nSPS) is 22.9. The standard InChI is InChI=1S/C15H18FN3/c1-11-17-8-9-19(11)14-5-4-12(10-13(14)16)15(2)6-3-7-18-15/h4-5,8-10,18H,3,6-7H2,1-2H3. The van der Waals surface area contributed by atoms with E-state index in [4.69, 9.17) is 0 Å². The maximum atomic E-state index is 14.3. The van der Waals surface area contributed by atoms with E-state index >= 15 is 0 Å². The summed E-state index contributed by atoms with van der Waals surface area (Å²) in [5, 5.41) is 3.46. The van der Waals surface area contributed by atoms with Crippen molar-refractivity contribution in [1.29, 1.82) is 0 Å². The Balaban J connectivity index is 2.01. The second-order valence-corrected chi connectivity index (χ2v) is 5.37. The van der Waals surface area contributed by atoms with Crippen LogP contribution in [0.25, 0.3) is 5.69 Å². The monoisotopic (exact) mass is 259 g/mol. The van der Waals surface area contributed by atoms with Gasteiger partial charge in [0.05, 0.1) is 5.69 Å². The lowest BCUT2D eigenvalue weighted by Crippen LogP contribution is -2.33. The molecule has 1 N–H and O–H groups in total. The number of benzene rings is 1. The molecule has 3 nitrogen and oxygen atoms in total. The molecule has 1 aliphatic rings. The molecule has 0 aliphatic carbocycles. The van der Waals surface area contributed by atoms with Gasteiger partial charge in [-0.05, 0) is 50.9 Å². The Kier molecular flexibility index (Phi) is 2.90. The van der Waals surface area contributed by atoms with Crippen LogP contribution in [-0.2, 0) is 5.54 Å². The summed E-state index contributed by atoms with van der Waals surface area (Å²) < 4.78 is 16.1. The zero-order valence-electron chi connectivity index (χ0n) is 11.3. The highest BCUT2D eigenvalue weighted by atomic mass is 19.1. The van der Waals surface area contributed by atoms with Crippen molar-refractivity contribution in [1.82, 2.24) is 14.9 Å². The van der Waals surface area contributed by atoms with Crippen molar-refractivity contribution in [3.63, 3.8) is 0 Å². The summed E-state index contributed by atoms with van der Waals surface area (Å²) in [6, 6.07) is 5.49. The van der Waals surface area contributed by atoms with Gasteiger partial charge in [0.1, 0.15) is 11.6 Å². The average molecular weight is 259 g/mol. The lowest BCUT2D eigenvalue weighted by molar-refractivity contribution is 0.431. The Morgan fingerprint density at radius 3 is 2.84 bits per heavy atom. The molecule has 4 heteroatoms. The Hall–Kier alpha value is -1.68. The van der Waals surface area contributed by atoms with Gasteiger partial charge < -0.3 is 9.88 Å². The third-order valence-electron chi connectivity index (χ3n) is 4.04. The number of halogens is 1. The molecular weight excluding hydrogens is 241 g/mol. The molecule has 0 bridgehead atoms. The van der Waals surface area contributed by atoms with Gasteiger partial charge in [-0.1, -0.05) is 6.07 Å². The largest absolute Gasteiger partial charge is 0.308 e. The number of aryl methyl sites for hydroxylation is 1. The van der Waals surface area contributed by atoms with Crippen LogP contribution in [0.2, 0.25) is 0 Å². The molecule has 1 unspecified atom stereocenters. The second kappa shape index (κ2) is 4.46. The number of nitrogens with one attached hydrogen (secondary N) is 1. The predicted octanol–water partition coefficient (Wildman–Crippen LogP) is 2.92. The number of hydrogen-bond donors (Lipinski definition) is 1. The summed E-state index contributed by atoms with van der Waals surface area (Å²) in [6.45, 7) is 5.00. The van der Waals surface area contributed by atoms with Crippen molar-refractivity contribution >= 4 is 0 Å². The predicted molar refractivity (Wildman–Crippen MR) is 72.8 cm³/mol. The summed E-state index contributed by atoms with van der Waals surface area (Å²) in [5.74, 6) is 0.588. The Morgan fingerprint density at radius 2 is 2.26 bits per heavy atom. The number of aromatic nitrogens is 2. The van der Waals surface area contributed by atoms with Gasteiger partial charge in [-0.2, -0.15) is 0 Å². The van der Waals surface area contributed by atoms with Crippen LogP contribution in [0.5, 0.6) is 0 Å². The molecule has 19 heavy (non-hydrogen) atoms. The number of hydrogen-bond acceptors (Lipinski definition) is 2. The first-order valence-corrected chi connectivity index (χ1v) is 6.65. The van der Waals surface area contributed by atoms with Gasteiger partial charge in [-0.3, -0.25) is 0 Å². The first-order chi connectivity index (χ1) is 9.10. The summed E-state index contributed by atoms with van der Waals surface area (Å²) in [7, 11) is 0. The van der Waals surface area contributed by atoms with Crippen molar-refractivity contribution in [2.24, 2.45) is 0 Å². The summed E-state index contributed by atoms with van der Waals surface area (Å²) in [6.07, 6.45) is 5.65. The Morgan fingerprint density at radius 1 is 1.42 bits per heavy atom. The quantitative estimate of drug-likeness (QED) is 0.898. The van der Waals surface area contributed by atoms with E-state index in [9.17, 15) is 4.39 Å². The molecule has 1 atom stereocenters. The van der Waals surface area contributed by atoms with Crippen LogP contribution in [0.1, 0.15) is 31.2 Å². The fourth-order valence-electron chi connectivity index (χ4n) is 2.82. The van der Waals surface area contributed by atoms with Crippen molar-refractivity contribution in [2.75, 3.05) is 6.54 Å². The van der Waals surface area contributed by atoms with Gasteiger partial charge in [0, 0.05) is 17.9 Å². The van der Waals surface area contributed by atoms with Crippen molar-refractivity contribution in [3.05, 3.63) is 47.8 Å². The maximum Gasteiger partial charge on any atom is 0.147 e. The van der Waals surface area contributed by atoms with Crippen LogP contribution >= 0.6 is 0 Å². The molecule has 1 aliphatic heterocycles. The highest BCUT2D eigenvalue weighted by Gasteiger charge is 2.30. The van der Waals surface area contributed by atoms with Crippen LogP contribution in [0.3, 0.4) is 0 Å². The first kappa shape index (κ1) is 12.4. The van der Waals surface area contributed by atoms with Gasteiger partial charge in [0.25, 0.3) is 0 Å². The van der Waals surface area contributed by atoms with Gasteiger partial charge in [-0.25, -0.2) is 9.37 Å². The molecule has 2 aromatic rings. The zero-order chi connectivity index (χ0) is 13.5. The minimum atomic E-state index is -0.200. The first-order valence-electron chi connectivity index (χ1n) is 6.65. The second-order valence-electron chi connectivity index (χ2n) is 5.37. The molecule has 1 fully saturated rings. The maximum absolute atomic E-state index is 14.3. The fraction of sp³-hybridized carbons (Fsp3) is 0.400. The minimum Gasteiger partial charge on any atom is -0.308 e. The summed E-state index contributed by atoms with van der Waals surface area (Å²) >= 11 is 0. The molecule has 0 saturated carbocycles. The molecule has 1 aromatic heterocycles. The molecule has 2 heterocycles.